The predicted octanol–water partition coefficient (Wildman–Crippen LogP) is 1.84. The number of nitrogens with one attached hydrogen (secondary N) is 2. The van der Waals surface area contributed by atoms with Crippen molar-refractivity contribution in [3.8, 4) is 0 Å². The number of carbonyl (C=O) groups excluding carboxylic acids is 1. The molecule has 1 aromatic heterocycles. The Balaban J connectivity index is 1.73. The van der Waals surface area contributed by atoms with Gasteiger partial charge in [-0.2, -0.15) is 0 Å². The maximum Gasteiger partial charge on any atom is 0.307 e. The summed E-state index contributed by atoms with van der Waals surface area (Å²) in [4.78, 5) is 28.3. The lowest BCUT2D eigenvalue weighted by molar-refractivity contribution is -0.156. The normalized spacial score (nSPS) is 39.0. The molecule has 3 fully saturated rings. The summed E-state index contributed by atoms with van der Waals surface area (Å²) in [5.41, 5.74) is -0.306. The first-order valence-corrected chi connectivity index (χ1v) is 7.72. The Labute approximate surface area is 128 Å². The fourth-order valence-corrected chi connectivity index (χ4v) is 4.70. The summed E-state index contributed by atoms with van der Waals surface area (Å²) in [6.45, 7) is 2.03. The molecule has 2 heterocycles. The van der Waals surface area contributed by atoms with Gasteiger partial charge in [0.15, 0.2) is 0 Å². The Bertz CT molecular complexity index is 676. The van der Waals surface area contributed by atoms with Crippen LogP contribution < -0.4 is 10.6 Å². The minimum absolute atomic E-state index is 0.120. The number of rotatable bonds is 1. The molecular weight excluding hydrogens is 282 g/mol. The van der Waals surface area contributed by atoms with Gasteiger partial charge in [0.05, 0.1) is 11.5 Å². The lowest BCUT2D eigenvalue weighted by atomic mass is 9.51. The van der Waals surface area contributed by atoms with Crippen LogP contribution in [0.15, 0.2) is 18.3 Å². The minimum atomic E-state index is -0.720. The Kier molecular flexibility index (Phi) is 2.59. The summed E-state index contributed by atoms with van der Waals surface area (Å²) in [6, 6.07) is 3.49. The van der Waals surface area contributed by atoms with Crippen LogP contribution in [0, 0.1) is 17.3 Å². The van der Waals surface area contributed by atoms with E-state index in [0.29, 0.717) is 24.2 Å². The van der Waals surface area contributed by atoms with Crippen molar-refractivity contribution in [3.05, 3.63) is 23.9 Å². The van der Waals surface area contributed by atoms with Crippen LogP contribution in [0.25, 0.3) is 0 Å². The number of aromatic nitrogens is 1. The summed E-state index contributed by atoms with van der Waals surface area (Å²) in [7, 11) is 0. The van der Waals surface area contributed by atoms with Crippen molar-refractivity contribution in [2.45, 2.75) is 38.3 Å². The Morgan fingerprint density at radius 1 is 1.45 bits per heavy atom. The SMILES string of the molecule is CC12CCC(CC1C(=O)O)C1(C2)NC(=O)c2cccnc2N1. The number of hydrogen-bond acceptors (Lipinski definition) is 4. The molecule has 1 amide bonds. The van der Waals surface area contributed by atoms with Crippen molar-refractivity contribution in [2.75, 3.05) is 5.32 Å². The van der Waals surface area contributed by atoms with E-state index in [1.54, 1.807) is 18.3 Å². The van der Waals surface area contributed by atoms with E-state index in [-0.39, 0.29) is 23.2 Å². The quantitative estimate of drug-likeness (QED) is 0.736. The molecule has 4 atom stereocenters. The van der Waals surface area contributed by atoms with Gasteiger partial charge in [-0.3, -0.25) is 9.59 Å². The number of anilines is 1. The topological polar surface area (TPSA) is 91.3 Å². The molecule has 2 bridgehead atoms. The third-order valence-corrected chi connectivity index (χ3v) is 5.83. The summed E-state index contributed by atoms with van der Waals surface area (Å²) in [5.74, 6) is -0.447. The standard InChI is InChI=1S/C16H19N3O3/c1-15-5-4-9(7-11(15)14(21)22)16(8-15)18-12-10(13(20)19-16)3-2-6-17-12/h2-3,6,9,11H,4-5,7-8H2,1H3,(H,17,18)(H,19,20)(H,21,22). The number of nitrogens with zero attached hydrogens (tertiary/aromatic N) is 1. The fourth-order valence-electron chi connectivity index (χ4n) is 4.70. The Hall–Kier alpha value is -2.11. The number of pyridine rings is 1. The zero-order chi connectivity index (χ0) is 15.5. The van der Waals surface area contributed by atoms with E-state index in [9.17, 15) is 14.7 Å². The van der Waals surface area contributed by atoms with E-state index >= 15 is 0 Å². The molecule has 1 aliphatic heterocycles. The van der Waals surface area contributed by atoms with E-state index in [1.807, 2.05) is 6.92 Å². The van der Waals surface area contributed by atoms with Crippen molar-refractivity contribution in [3.63, 3.8) is 0 Å². The third kappa shape index (κ3) is 1.69. The molecule has 6 nitrogen and oxygen atoms in total. The molecule has 5 rings (SSSR count). The van der Waals surface area contributed by atoms with Crippen molar-refractivity contribution in [2.24, 2.45) is 17.3 Å². The second-order valence-electron chi connectivity index (χ2n) is 7.14. The summed E-state index contributed by atoms with van der Waals surface area (Å²) in [5, 5.41) is 16.0. The first-order valence-electron chi connectivity index (χ1n) is 7.72. The zero-order valence-electron chi connectivity index (χ0n) is 12.4. The van der Waals surface area contributed by atoms with Crippen molar-refractivity contribution >= 4 is 17.7 Å². The van der Waals surface area contributed by atoms with Crippen molar-refractivity contribution < 1.29 is 14.7 Å². The number of amides is 1. The molecule has 0 aromatic carbocycles. The number of fused-ring (bicyclic) bond motifs is 3. The summed E-state index contributed by atoms with van der Waals surface area (Å²) < 4.78 is 0. The summed E-state index contributed by atoms with van der Waals surface area (Å²) in [6.07, 6.45) is 4.71. The number of hydrogen-bond donors (Lipinski definition) is 3. The maximum atomic E-state index is 12.4. The molecule has 4 unspecified atom stereocenters. The average molecular weight is 301 g/mol. The van der Waals surface area contributed by atoms with Gasteiger partial charge in [0.1, 0.15) is 11.5 Å². The lowest BCUT2D eigenvalue weighted by Gasteiger charge is -2.60. The number of carboxylic acids is 1. The van der Waals surface area contributed by atoms with Crippen molar-refractivity contribution in [1.82, 2.24) is 10.3 Å². The first kappa shape index (κ1) is 13.5. The smallest absolute Gasteiger partial charge is 0.307 e. The van der Waals surface area contributed by atoms with E-state index in [0.717, 1.165) is 12.8 Å². The van der Waals surface area contributed by atoms with Gasteiger partial charge in [-0.25, -0.2) is 4.98 Å². The van der Waals surface area contributed by atoms with Crippen LogP contribution in [0.5, 0.6) is 0 Å². The molecule has 3 aliphatic carbocycles. The van der Waals surface area contributed by atoms with Crippen LogP contribution in [0.4, 0.5) is 5.82 Å². The predicted molar refractivity (Wildman–Crippen MR) is 79.2 cm³/mol. The molecule has 0 radical (unpaired) electrons. The molecule has 116 valence electrons. The molecule has 0 saturated heterocycles. The fraction of sp³-hybridized carbons (Fsp3) is 0.562. The van der Waals surface area contributed by atoms with Gasteiger partial charge in [-0.05, 0) is 43.2 Å². The van der Waals surface area contributed by atoms with Crippen molar-refractivity contribution in [1.29, 1.82) is 0 Å². The molecule has 4 aliphatic rings. The van der Waals surface area contributed by atoms with Gasteiger partial charge >= 0.3 is 5.97 Å². The molecule has 1 spiro atoms. The van der Waals surface area contributed by atoms with Crippen LogP contribution in [0.3, 0.4) is 0 Å². The van der Waals surface area contributed by atoms with E-state index < -0.39 is 11.6 Å². The van der Waals surface area contributed by atoms with Crippen LogP contribution >= 0.6 is 0 Å². The third-order valence-electron chi connectivity index (χ3n) is 5.83. The maximum absolute atomic E-state index is 12.4. The van der Waals surface area contributed by atoms with Gasteiger partial charge in [0.25, 0.3) is 5.91 Å². The Morgan fingerprint density at radius 2 is 2.27 bits per heavy atom. The van der Waals surface area contributed by atoms with Crippen LogP contribution in [-0.4, -0.2) is 27.6 Å². The molecule has 1 aromatic rings. The van der Waals surface area contributed by atoms with E-state index in [1.165, 1.54) is 0 Å². The van der Waals surface area contributed by atoms with Crippen LogP contribution in [0.1, 0.15) is 43.0 Å². The van der Waals surface area contributed by atoms with E-state index in [4.69, 9.17) is 0 Å². The van der Waals surface area contributed by atoms with E-state index in [2.05, 4.69) is 15.6 Å². The number of carboxylic acid groups (broad SMARTS) is 1. The number of aliphatic carboxylic acids is 1. The van der Waals surface area contributed by atoms with Gasteiger partial charge in [0.2, 0.25) is 0 Å². The first-order chi connectivity index (χ1) is 10.4. The highest BCUT2D eigenvalue weighted by Gasteiger charge is 2.60. The average Bonchev–Trinajstić information content (AvgIpc) is 2.46. The van der Waals surface area contributed by atoms with Crippen LogP contribution in [-0.2, 0) is 4.79 Å². The number of carbonyl (C=O) groups is 2. The second kappa shape index (κ2) is 4.21. The Morgan fingerprint density at radius 3 is 3.00 bits per heavy atom. The highest BCUT2D eigenvalue weighted by molar-refractivity contribution is 6.01. The van der Waals surface area contributed by atoms with Crippen LogP contribution in [0.2, 0.25) is 0 Å². The van der Waals surface area contributed by atoms with Gasteiger partial charge in [-0.1, -0.05) is 6.92 Å². The largest absolute Gasteiger partial charge is 0.481 e. The molecule has 6 heteroatoms. The zero-order valence-corrected chi connectivity index (χ0v) is 12.4. The highest BCUT2D eigenvalue weighted by Crippen LogP contribution is 2.58. The molecule has 3 saturated carbocycles. The van der Waals surface area contributed by atoms with Gasteiger partial charge in [0, 0.05) is 12.1 Å². The minimum Gasteiger partial charge on any atom is -0.481 e. The molecule has 3 N–H and O–H groups in total. The highest BCUT2D eigenvalue weighted by atomic mass is 16.4. The second-order valence-corrected chi connectivity index (χ2v) is 7.14. The lowest BCUT2D eigenvalue weighted by Crippen LogP contribution is -2.69. The molecular formula is C16H19N3O3. The summed E-state index contributed by atoms with van der Waals surface area (Å²) >= 11 is 0. The monoisotopic (exact) mass is 301 g/mol. The van der Waals surface area contributed by atoms with Gasteiger partial charge in [-0.15, -0.1) is 0 Å². The van der Waals surface area contributed by atoms with Gasteiger partial charge < -0.3 is 15.7 Å². The molecule has 22 heavy (non-hydrogen) atoms.